The molecule has 0 saturated heterocycles. The number of rotatable bonds is 5. The van der Waals surface area contributed by atoms with Gasteiger partial charge in [-0.05, 0) is 40.9 Å². The summed E-state index contributed by atoms with van der Waals surface area (Å²) in [5.74, 6) is 0.0345. The van der Waals surface area contributed by atoms with Crippen LogP contribution in [0.5, 0.6) is 5.75 Å². The van der Waals surface area contributed by atoms with Crippen molar-refractivity contribution in [3.63, 3.8) is 0 Å². The maximum atomic E-state index is 11.8. The second-order valence-electron chi connectivity index (χ2n) is 8.89. The fourth-order valence-corrected chi connectivity index (χ4v) is 3.73. The first-order valence-electron chi connectivity index (χ1n) is 9.42. The number of thiazole rings is 1. The zero-order chi connectivity index (χ0) is 20.4. The van der Waals surface area contributed by atoms with Crippen LogP contribution >= 0.6 is 11.3 Å². The SMILES string of the molecule is CCOC(=O)c1csc(CCc2cc(C(C)(C)C)c(O)c(C(C)(C)C)c2)n1. The van der Waals surface area contributed by atoms with Crippen molar-refractivity contribution in [2.75, 3.05) is 6.61 Å². The summed E-state index contributed by atoms with van der Waals surface area (Å²) in [5.41, 5.74) is 3.22. The Labute approximate surface area is 166 Å². The van der Waals surface area contributed by atoms with E-state index in [0.717, 1.165) is 29.0 Å². The van der Waals surface area contributed by atoms with Crippen LogP contribution in [0, 0.1) is 0 Å². The molecule has 27 heavy (non-hydrogen) atoms. The van der Waals surface area contributed by atoms with Crippen molar-refractivity contribution < 1.29 is 14.6 Å². The molecule has 148 valence electrons. The molecule has 1 aromatic carbocycles. The van der Waals surface area contributed by atoms with Gasteiger partial charge in [0, 0.05) is 11.8 Å². The number of hydrogen-bond acceptors (Lipinski definition) is 5. The zero-order valence-electron chi connectivity index (χ0n) is 17.5. The third-order valence-corrected chi connectivity index (χ3v) is 5.36. The second kappa shape index (κ2) is 8.01. The summed E-state index contributed by atoms with van der Waals surface area (Å²) in [6, 6.07) is 4.20. The van der Waals surface area contributed by atoms with Crippen LogP contribution in [0.3, 0.4) is 0 Å². The molecule has 0 radical (unpaired) electrons. The summed E-state index contributed by atoms with van der Waals surface area (Å²) < 4.78 is 5.00. The van der Waals surface area contributed by atoms with Crippen molar-refractivity contribution in [3.8, 4) is 5.75 Å². The van der Waals surface area contributed by atoms with Crippen molar-refractivity contribution in [1.29, 1.82) is 0 Å². The number of hydrogen-bond donors (Lipinski definition) is 1. The van der Waals surface area contributed by atoms with E-state index in [4.69, 9.17) is 4.74 Å². The molecule has 5 heteroatoms. The fraction of sp³-hybridized carbons (Fsp3) is 0.545. The van der Waals surface area contributed by atoms with Gasteiger partial charge in [-0.15, -0.1) is 11.3 Å². The summed E-state index contributed by atoms with van der Waals surface area (Å²) in [7, 11) is 0. The molecule has 0 fully saturated rings. The Balaban J connectivity index is 2.27. The standard InChI is InChI=1S/C22H31NO3S/c1-8-26-20(25)17-13-27-18(23-17)10-9-14-11-15(21(2,3)4)19(24)16(12-14)22(5,6)7/h11-13,24H,8-10H2,1-7H3. The van der Waals surface area contributed by atoms with Gasteiger partial charge in [0.25, 0.3) is 0 Å². The molecule has 4 nitrogen and oxygen atoms in total. The predicted octanol–water partition coefficient (Wildman–Crippen LogP) is 5.41. The number of nitrogens with zero attached hydrogens (tertiary/aromatic N) is 1. The van der Waals surface area contributed by atoms with Crippen molar-refractivity contribution in [3.05, 3.63) is 44.9 Å². The van der Waals surface area contributed by atoms with Crippen LogP contribution in [0.25, 0.3) is 0 Å². The van der Waals surface area contributed by atoms with Gasteiger partial charge in [0.15, 0.2) is 5.69 Å². The topological polar surface area (TPSA) is 59.4 Å². The highest BCUT2D eigenvalue weighted by atomic mass is 32.1. The van der Waals surface area contributed by atoms with Crippen LogP contribution in [0.2, 0.25) is 0 Å². The zero-order valence-corrected chi connectivity index (χ0v) is 18.3. The predicted molar refractivity (Wildman–Crippen MR) is 111 cm³/mol. The lowest BCUT2D eigenvalue weighted by Crippen LogP contribution is -2.18. The number of phenols is 1. The molecule has 0 aliphatic heterocycles. The van der Waals surface area contributed by atoms with Crippen LogP contribution in [-0.4, -0.2) is 22.7 Å². The summed E-state index contributed by atoms with van der Waals surface area (Å²) in [6.07, 6.45) is 1.56. The van der Waals surface area contributed by atoms with Crippen molar-refractivity contribution in [2.45, 2.75) is 72.1 Å². The minimum Gasteiger partial charge on any atom is -0.507 e. The highest BCUT2D eigenvalue weighted by Crippen LogP contribution is 2.40. The summed E-state index contributed by atoms with van der Waals surface area (Å²) in [4.78, 5) is 16.2. The monoisotopic (exact) mass is 389 g/mol. The van der Waals surface area contributed by atoms with Gasteiger partial charge in [0.1, 0.15) is 5.75 Å². The van der Waals surface area contributed by atoms with E-state index in [2.05, 4.69) is 58.7 Å². The molecule has 0 atom stereocenters. The highest BCUT2D eigenvalue weighted by Gasteiger charge is 2.26. The maximum absolute atomic E-state index is 11.8. The normalized spacial score (nSPS) is 12.3. The molecule has 1 aromatic heterocycles. The van der Waals surface area contributed by atoms with Gasteiger partial charge in [-0.1, -0.05) is 53.7 Å². The lowest BCUT2D eigenvalue weighted by Gasteiger charge is -2.28. The van der Waals surface area contributed by atoms with Crippen LogP contribution in [-0.2, 0) is 28.4 Å². The molecule has 0 aliphatic carbocycles. The Morgan fingerprint density at radius 3 is 2.11 bits per heavy atom. The van der Waals surface area contributed by atoms with Gasteiger partial charge >= 0.3 is 5.97 Å². The van der Waals surface area contributed by atoms with Crippen LogP contribution < -0.4 is 0 Å². The molecular formula is C22H31NO3S. The van der Waals surface area contributed by atoms with E-state index in [1.165, 1.54) is 16.9 Å². The van der Waals surface area contributed by atoms with Gasteiger partial charge < -0.3 is 9.84 Å². The average molecular weight is 390 g/mol. The number of aryl methyl sites for hydroxylation is 2. The Morgan fingerprint density at radius 2 is 1.63 bits per heavy atom. The number of ether oxygens (including phenoxy) is 1. The number of aromatic hydroxyl groups is 1. The molecule has 0 aliphatic rings. The molecular weight excluding hydrogens is 358 g/mol. The number of esters is 1. The Morgan fingerprint density at radius 1 is 1.07 bits per heavy atom. The third kappa shape index (κ3) is 5.32. The summed E-state index contributed by atoms with van der Waals surface area (Å²) in [6.45, 7) is 14.8. The van der Waals surface area contributed by atoms with E-state index in [9.17, 15) is 9.90 Å². The van der Waals surface area contributed by atoms with Gasteiger partial charge in [-0.3, -0.25) is 0 Å². The highest BCUT2D eigenvalue weighted by molar-refractivity contribution is 7.09. The first kappa shape index (κ1) is 21.4. The van der Waals surface area contributed by atoms with Crippen LogP contribution in [0.15, 0.2) is 17.5 Å². The molecule has 0 saturated carbocycles. The van der Waals surface area contributed by atoms with Crippen LogP contribution in [0.1, 0.15) is 80.7 Å². The minimum atomic E-state index is -0.366. The first-order valence-corrected chi connectivity index (χ1v) is 10.3. The molecule has 0 unspecified atom stereocenters. The molecule has 1 N–H and O–H groups in total. The smallest absolute Gasteiger partial charge is 0.357 e. The Kier molecular flexibility index (Phi) is 6.35. The lowest BCUT2D eigenvalue weighted by molar-refractivity contribution is 0.0520. The lowest BCUT2D eigenvalue weighted by atomic mass is 9.78. The van der Waals surface area contributed by atoms with E-state index < -0.39 is 0 Å². The number of benzene rings is 1. The van der Waals surface area contributed by atoms with Crippen molar-refractivity contribution >= 4 is 17.3 Å². The molecule has 0 amide bonds. The third-order valence-electron chi connectivity index (χ3n) is 4.45. The van der Waals surface area contributed by atoms with E-state index in [0.29, 0.717) is 18.1 Å². The number of carbonyl (C=O) groups is 1. The van der Waals surface area contributed by atoms with E-state index >= 15 is 0 Å². The molecule has 0 spiro atoms. The summed E-state index contributed by atoms with van der Waals surface area (Å²) in [5, 5.41) is 13.5. The van der Waals surface area contributed by atoms with Gasteiger partial charge in [0.2, 0.25) is 0 Å². The van der Waals surface area contributed by atoms with E-state index in [-0.39, 0.29) is 16.8 Å². The van der Waals surface area contributed by atoms with E-state index in [1.807, 2.05) is 0 Å². The van der Waals surface area contributed by atoms with Crippen molar-refractivity contribution in [2.24, 2.45) is 0 Å². The van der Waals surface area contributed by atoms with Gasteiger partial charge in [0.05, 0.1) is 11.6 Å². The first-order chi connectivity index (χ1) is 12.4. The van der Waals surface area contributed by atoms with Gasteiger partial charge in [-0.25, -0.2) is 9.78 Å². The molecule has 2 rings (SSSR count). The van der Waals surface area contributed by atoms with E-state index in [1.54, 1.807) is 12.3 Å². The Hall–Kier alpha value is -1.88. The molecule has 1 heterocycles. The minimum absolute atomic E-state index is 0.141. The molecule has 0 bridgehead atoms. The fourth-order valence-electron chi connectivity index (χ4n) is 2.96. The molecule has 2 aromatic rings. The number of aromatic nitrogens is 1. The number of carbonyl (C=O) groups excluding carboxylic acids is 1. The van der Waals surface area contributed by atoms with Crippen LogP contribution in [0.4, 0.5) is 0 Å². The van der Waals surface area contributed by atoms with Gasteiger partial charge in [-0.2, -0.15) is 0 Å². The maximum Gasteiger partial charge on any atom is 0.357 e. The summed E-state index contributed by atoms with van der Waals surface area (Å²) >= 11 is 1.48. The number of phenolic OH excluding ortho intramolecular Hbond substituents is 1. The quantitative estimate of drug-likeness (QED) is 0.695. The average Bonchev–Trinajstić information content (AvgIpc) is 3.01. The Bertz CT molecular complexity index is 775. The largest absolute Gasteiger partial charge is 0.507 e. The second-order valence-corrected chi connectivity index (χ2v) is 9.83. The van der Waals surface area contributed by atoms with Crippen molar-refractivity contribution in [1.82, 2.24) is 4.98 Å².